The summed E-state index contributed by atoms with van der Waals surface area (Å²) in [6.45, 7) is 0.830. The summed E-state index contributed by atoms with van der Waals surface area (Å²) in [5.74, 6) is 0.305. The van der Waals surface area contributed by atoms with Gasteiger partial charge in [0.1, 0.15) is 5.78 Å². The van der Waals surface area contributed by atoms with Crippen molar-refractivity contribution in [2.45, 2.75) is 31.8 Å². The number of carbonyl (C=O) groups excluding carboxylic acids is 1. The predicted octanol–water partition coefficient (Wildman–Crippen LogP) is 2.43. The van der Waals surface area contributed by atoms with Crippen LogP contribution in [0.5, 0.6) is 0 Å². The van der Waals surface area contributed by atoms with Gasteiger partial charge in [-0.3, -0.25) is 4.79 Å². The molecule has 1 fully saturated rings. The molecule has 1 unspecified atom stereocenters. The molecule has 0 aromatic carbocycles. The maximum Gasteiger partial charge on any atom is 0.140 e. The van der Waals surface area contributed by atoms with E-state index in [0.29, 0.717) is 18.6 Å². The number of ketones is 1. The molecule has 0 amide bonds. The van der Waals surface area contributed by atoms with Gasteiger partial charge in [0.15, 0.2) is 0 Å². The normalized spacial score (nSPS) is 21.3. The number of thiophene rings is 1. The van der Waals surface area contributed by atoms with Crippen LogP contribution < -0.4 is 0 Å². The van der Waals surface area contributed by atoms with Crippen LogP contribution in [0.3, 0.4) is 0 Å². The summed E-state index contributed by atoms with van der Waals surface area (Å²) in [4.78, 5) is 12.8. The van der Waals surface area contributed by atoms with Crippen molar-refractivity contribution in [2.24, 2.45) is 0 Å². The molecule has 1 aromatic rings. The Morgan fingerprint density at radius 3 is 3.21 bits per heavy atom. The molecule has 3 heteroatoms. The van der Waals surface area contributed by atoms with Gasteiger partial charge in [0.2, 0.25) is 0 Å². The van der Waals surface area contributed by atoms with Crippen LogP contribution in [0, 0.1) is 0 Å². The number of rotatable bonds is 4. The molecular formula is C11H14O2S. The molecule has 1 saturated heterocycles. The van der Waals surface area contributed by atoms with Crippen LogP contribution in [0.2, 0.25) is 0 Å². The van der Waals surface area contributed by atoms with Gasteiger partial charge in [0.05, 0.1) is 6.10 Å². The van der Waals surface area contributed by atoms with Gasteiger partial charge in [-0.1, -0.05) is 6.07 Å². The Balaban J connectivity index is 1.78. The highest BCUT2D eigenvalue weighted by atomic mass is 32.1. The summed E-state index contributed by atoms with van der Waals surface area (Å²) in [7, 11) is 0. The first kappa shape index (κ1) is 9.87. The molecule has 14 heavy (non-hydrogen) atoms. The summed E-state index contributed by atoms with van der Waals surface area (Å²) < 4.78 is 5.43. The third-order valence-corrected chi connectivity index (χ3v) is 3.31. The Morgan fingerprint density at radius 2 is 2.57 bits per heavy atom. The van der Waals surface area contributed by atoms with Crippen molar-refractivity contribution in [3.8, 4) is 0 Å². The first-order valence-electron chi connectivity index (χ1n) is 5.00. The molecule has 1 aromatic heterocycles. The number of hydrogen-bond donors (Lipinski definition) is 0. The Bertz CT molecular complexity index is 286. The SMILES string of the molecule is O=C(Cc1cccs1)CC1CCCO1. The molecule has 0 N–H and O–H groups in total. The topological polar surface area (TPSA) is 26.3 Å². The minimum Gasteiger partial charge on any atom is -0.378 e. The molecule has 2 heterocycles. The van der Waals surface area contributed by atoms with Gasteiger partial charge in [-0.2, -0.15) is 0 Å². The largest absolute Gasteiger partial charge is 0.378 e. The minimum atomic E-state index is 0.197. The molecule has 0 radical (unpaired) electrons. The van der Waals surface area contributed by atoms with Crippen molar-refractivity contribution in [3.05, 3.63) is 22.4 Å². The van der Waals surface area contributed by atoms with Crippen LogP contribution in [-0.4, -0.2) is 18.5 Å². The first-order chi connectivity index (χ1) is 6.84. The van der Waals surface area contributed by atoms with E-state index in [9.17, 15) is 4.79 Å². The first-order valence-corrected chi connectivity index (χ1v) is 5.88. The van der Waals surface area contributed by atoms with Crippen LogP contribution >= 0.6 is 11.3 Å². The van der Waals surface area contributed by atoms with Gasteiger partial charge in [-0.15, -0.1) is 11.3 Å². The van der Waals surface area contributed by atoms with Crippen molar-refractivity contribution in [2.75, 3.05) is 6.61 Å². The van der Waals surface area contributed by atoms with E-state index in [2.05, 4.69) is 0 Å². The van der Waals surface area contributed by atoms with Crippen LogP contribution in [0.25, 0.3) is 0 Å². The molecule has 2 nitrogen and oxygen atoms in total. The number of ether oxygens (including phenoxy) is 1. The molecule has 0 aliphatic carbocycles. The standard InChI is InChI=1S/C11H14O2S/c12-9(7-10-3-1-5-13-10)8-11-4-2-6-14-11/h2,4,6,10H,1,3,5,7-8H2. The average Bonchev–Trinajstić information content (AvgIpc) is 2.76. The van der Waals surface area contributed by atoms with E-state index in [0.717, 1.165) is 24.3 Å². The zero-order valence-corrected chi connectivity index (χ0v) is 8.89. The van der Waals surface area contributed by atoms with E-state index in [1.807, 2.05) is 17.5 Å². The van der Waals surface area contributed by atoms with Gasteiger partial charge in [0.25, 0.3) is 0 Å². The summed E-state index contributed by atoms with van der Waals surface area (Å²) in [6.07, 6.45) is 3.53. The molecule has 2 rings (SSSR count). The molecule has 1 aliphatic heterocycles. The Hall–Kier alpha value is -0.670. The van der Waals surface area contributed by atoms with E-state index >= 15 is 0 Å². The van der Waals surface area contributed by atoms with Crippen LogP contribution in [-0.2, 0) is 16.0 Å². The third-order valence-electron chi connectivity index (χ3n) is 2.43. The van der Waals surface area contributed by atoms with Gasteiger partial charge in [-0.05, 0) is 24.3 Å². The van der Waals surface area contributed by atoms with Gasteiger partial charge in [-0.25, -0.2) is 0 Å². The fraction of sp³-hybridized carbons (Fsp3) is 0.545. The predicted molar refractivity (Wildman–Crippen MR) is 56.6 cm³/mol. The summed E-state index contributed by atoms with van der Waals surface area (Å²) in [6, 6.07) is 4.00. The van der Waals surface area contributed by atoms with Gasteiger partial charge >= 0.3 is 0 Å². The second kappa shape index (κ2) is 4.71. The Kier molecular flexibility index (Phi) is 3.32. The van der Waals surface area contributed by atoms with E-state index < -0.39 is 0 Å². The Morgan fingerprint density at radius 1 is 1.64 bits per heavy atom. The van der Waals surface area contributed by atoms with Crippen LogP contribution in [0.4, 0.5) is 0 Å². The summed E-state index contributed by atoms with van der Waals surface area (Å²) >= 11 is 1.65. The maximum absolute atomic E-state index is 11.6. The second-order valence-corrected chi connectivity index (χ2v) is 4.67. The van der Waals surface area contributed by atoms with E-state index in [4.69, 9.17) is 4.74 Å². The minimum absolute atomic E-state index is 0.197. The molecule has 0 spiro atoms. The van der Waals surface area contributed by atoms with E-state index in [-0.39, 0.29) is 6.10 Å². The monoisotopic (exact) mass is 210 g/mol. The highest BCUT2D eigenvalue weighted by molar-refractivity contribution is 7.10. The van der Waals surface area contributed by atoms with Crippen molar-refractivity contribution >= 4 is 17.1 Å². The maximum atomic E-state index is 11.6. The lowest BCUT2D eigenvalue weighted by atomic mass is 10.1. The highest BCUT2D eigenvalue weighted by Crippen LogP contribution is 2.17. The number of hydrogen-bond acceptors (Lipinski definition) is 3. The fourth-order valence-electron chi connectivity index (χ4n) is 1.74. The van der Waals surface area contributed by atoms with Crippen molar-refractivity contribution in [1.82, 2.24) is 0 Å². The summed E-state index contributed by atoms with van der Waals surface area (Å²) in [5, 5.41) is 2.01. The zero-order chi connectivity index (χ0) is 9.80. The molecule has 1 atom stereocenters. The highest BCUT2D eigenvalue weighted by Gasteiger charge is 2.19. The van der Waals surface area contributed by atoms with Gasteiger partial charge < -0.3 is 4.74 Å². The second-order valence-electron chi connectivity index (χ2n) is 3.63. The number of carbonyl (C=O) groups is 1. The van der Waals surface area contributed by atoms with Crippen molar-refractivity contribution in [3.63, 3.8) is 0 Å². The lowest BCUT2D eigenvalue weighted by molar-refractivity contribution is -0.120. The van der Waals surface area contributed by atoms with Crippen molar-refractivity contribution < 1.29 is 9.53 Å². The quantitative estimate of drug-likeness (QED) is 0.763. The lowest BCUT2D eigenvalue weighted by Crippen LogP contribution is -2.13. The van der Waals surface area contributed by atoms with Crippen LogP contribution in [0.15, 0.2) is 17.5 Å². The zero-order valence-electron chi connectivity index (χ0n) is 8.07. The molecule has 0 saturated carbocycles. The van der Waals surface area contributed by atoms with E-state index in [1.54, 1.807) is 11.3 Å². The molecule has 76 valence electrons. The van der Waals surface area contributed by atoms with Crippen molar-refractivity contribution in [1.29, 1.82) is 0 Å². The fourth-order valence-corrected chi connectivity index (χ4v) is 2.47. The lowest BCUT2D eigenvalue weighted by Gasteiger charge is -2.06. The van der Waals surface area contributed by atoms with E-state index in [1.165, 1.54) is 0 Å². The number of Topliss-reactive ketones (excluding diaryl/α,β-unsaturated/α-hetero) is 1. The Labute approximate surface area is 87.9 Å². The average molecular weight is 210 g/mol. The molecular weight excluding hydrogens is 196 g/mol. The molecule has 0 bridgehead atoms. The van der Waals surface area contributed by atoms with Gasteiger partial charge in [0, 0.05) is 24.3 Å². The summed E-state index contributed by atoms with van der Waals surface area (Å²) in [5.41, 5.74) is 0. The smallest absolute Gasteiger partial charge is 0.140 e. The third kappa shape index (κ3) is 2.66. The molecule has 1 aliphatic rings. The van der Waals surface area contributed by atoms with Crippen LogP contribution in [0.1, 0.15) is 24.1 Å².